The van der Waals surface area contributed by atoms with Crippen LogP contribution in [-0.4, -0.2) is 36.2 Å². The number of amides is 1. The van der Waals surface area contributed by atoms with E-state index >= 15 is 0 Å². The fourth-order valence-electron chi connectivity index (χ4n) is 3.69. The molecule has 5 aromatic rings. The maximum Gasteiger partial charge on any atom is 0.234 e. The van der Waals surface area contributed by atoms with Gasteiger partial charge in [0.05, 0.1) is 33.4 Å². The molecule has 0 saturated heterocycles. The fraction of sp³-hybridized carbons (Fsp3) is 0.120. The minimum atomic E-state index is -0.121. The predicted molar refractivity (Wildman–Crippen MR) is 137 cm³/mol. The van der Waals surface area contributed by atoms with Gasteiger partial charge >= 0.3 is 0 Å². The van der Waals surface area contributed by atoms with E-state index in [2.05, 4.69) is 20.6 Å². The highest BCUT2D eigenvalue weighted by molar-refractivity contribution is 7.99. The molecule has 7 nitrogen and oxygen atoms in total. The smallest absolute Gasteiger partial charge is 0.234 e. The standard InChI is InChI=1S/C25H22N6OS2/c1-17-23(18(2)31(29-17)20-12-7-4-8-13-20)26-22(32)16-34-25-28-27-24(21-14-9-15-33-21)30(25)19-10-5-3-6-11-19/h3-15H,16H2,1-2H3,(H,26,32). The molecule has 34 heavy (non-hydrogen) atoms. The van der Waals surface area contributed by atoms with Crippen LogP contribution < -0.4 is 5.32 Å². The van der Waals surface area contributed by atoms with Crippen LogP contribution in [0.1, 0.15) is 11.4 Å². The summed E-state index contributed by atoms with van der Waals surface area (Å²) < 4.78 is 3.84. The average molecular weight is 487 g/mol. The maximum atomic E-state index is 12.9. The van der Waals surface area contributed by atoms with Gasteiger partial charge in [0, 0.05) is 5.69 Å². The van der Waals surface area contributed by atoms with Crippen molar-refractivity contribution in [1.82, 2.24) is 24.5 Å². The highest BCUT2D eigenvalue weighted by Crippen LogP contribution is 2.30. The molecule has 0 atom stereocenters. The summed E-state index contributed by atoms with van der Waals surface area (Å²) in [6, 6.07) is 23.8. The van der Waals surface area contributed by atoms with Crippen molar-refractivity contribution in [1.29, 1.82) is 0 Å². The van der Waals surface area contributed by atoms with Gasteiger partial charge in [0.15, 0.2) is 11.0 Å². The Hall–Kier alpha value is -3.69. The van der Waals surface area contributed by atoms with E-state index in [1.807, 2.05) is 101 Å². The van der Waals surface area contributed by atoms with Crippen LogP contribution in [0.4, 0.5) is 5.69 Å². The van der Waals surface area contributed by atoms with Crippen LogP contribution in [0, 0.1) is 13.8 Å². The third kappa shape index (κ3) is 4.40. The average Bonchev–Trinajstić information content (AvgIpc) is 3.60. The Bertz CT molecular complexity index is 1410. The number of thioether (sulfide) groups is 1. The van der Waals surface area contributed by atoms with E-state index in [0.717, 1.165) is 39.2 Å². The number of carbonyl (C=O) groups excluding carboxylic acids is 1. The number of aryl methyl sites for hydroxylation is 1. The first-order chi connectivity index (χ1) is 16.6. The number of aromatic nitrogens is 5. The zero-order chi connectivity index (χ0) is 23.5. The Morgan fingerprint density at radius 1 is 0.941 bits per heavy atom. The second-order valence-corrected chi connectivity index (χ2v) is 9.47. The van der Waals surface area contributed by atoms with E-state index in [-0.39, 0.29) is 11.7 Å². The summed E-state index contributed by atoms with van der Waals surface area (Å²) >= 11 is 2.96. The Labute approximate surface area is 205 Å². The van der Waals surface area contributed by atoms with E-state index in [9.17, 15) is 4.79 Å². The molecule has 1 amide bonds. The summed E-state index contributed by atoms with van der Waals surface area (Å²) in [7, 11) is 0. The summed E-state index contributed by atoms with van der Waals surface area (Å²) in [6.07, 6.45) is 0. The van der Waals surface area contributed by atoms with Crippen LogP contribution in [0.25, 0.3) is 22.1 Å². The molecule has 0 bridgehead atoms. The molecule has 3 heterocycles. The van der Waals surface area contributed by atoms with Crippen molar-refractivity contribution in [2.75, 3.05) is 11.1 Å². The molecule has 3 aromatic heterocycles. The lowest BCUT2D eigenvalue weighted by Crippen LogP contribution is -2.15. The number of nitrogens with one attached hydrogen (secondary N) is 1. The second kappa shape index (κ2) is 9.66. The number of carbonyl (C=O) groups is 1. The van der Waals surface area contributed by atoms with Crippen molar-refractivity contribution in [3.63, 3.8) is 0 Å². The Balaban J connectivity index is 1.36. The predicted octanol–water partition coefficient (Wildman–Crippen LogP) is 5.53. The third-order valence-electron chi connectivity index (χ3n) is 5.28. The van der Waals surface area contributed by atoms with Crippen molar-refractivity contribution >= 4 is 34.7 Å². The van der Waals surface area contributed by atoms with Gasteiger partial charge < -0.3 is 5.32 Å². The minimum absolute atomic E-state index is 0.121. The number of rotatable bonds is 7. The highest BCUT2D eigenvalue weighted by Gasteiger charge is 2.19. The summed E-state index contributed by atoms with van der Waals surface area (Å²) in [5, 5.41) is 19.1. The number of thiophene rings is 1. The number of hydrogen-bond donors (Lipinski definition) is 1. The van der Waals surface area contributed by atoms with E-state index in [1.165, 1.54) is 11.8 Å². The maximum absolute atomic E-state index is 12.9. The summed E-state index contributed by atoms with van der Waals surface area (Å²) in [5.41, 5.74) is 4.30. The lowest BCUT2D eigenvalue weighted by atomic mass is 10.3. The number of para-hydroxylation sites is 2. The highest BCUT2D eigenvalue weighted by atomic mass is 32.2. The van der Waals surface area contributed by atoms with Crippen LogP contribution in [0.3, 0.4) is 0 Å². The van der Waals surface area contributed by atoms with Crippen molar-refractivity contribution in [2.24, 2.45) is 0 Å². The molecular weight excluding hydrogens is 464 g/mol. The first kappa shape index (κ1) is 22.1. The van der Waals surface area contributed by atoms with Gasteiger partial charge in [0.25, 0.3) is 0 Å². The molecule has 5 rings (SSSR count). The monoisotopic (exact) mass is 486 g/mol. The molecule has 0 aliphatic heterocycles. The molecule has 1 N–H and O–H groups in total. The Morgan fingerprint density at radius 2 is 1.65 bits per heavy atom. The van der Waals surface area contributed by atoms with Gasteiger partial charge in [-0.1, -0.05) is 54.2 Å². The summed E-state index contributed by atoms with van der Waals surface area (Å²) in [4.78, 5) is 13.9. The number of nitrogens with zero attached hydrogens (tertiary/aromatic N) is 5. The zero-order valence-electron chi connectivity index (χ0n) is 18.7. The van der Waals surface area contributed by atoms with E-state index in [1.54, 1.807) is 11.3 Å². The topological polar surface area (TPSA) is 77.6 Å². The van der Waals surface area contributed by atoms with Gasteiger partial charge in [-0.05, 0) is 49.6 Å². The first-order valence-electron chi connectivity index (χ1n) is 10.7. The van der Waals surface area contributed by atoms with Gasteiger partial charge in [-0.25, -0.2) is 4.68 Å². The molecular formula is C25H22N6OS2. The zero-order valence-corrected chi connectivity index (χ0v) is 20.3. The molecule has 2 aromatic carbocycles. The van der Waals surface area contributed by atoms with Crippen LogP contribution in [-0.2, 0) is 4.79 Å². The lowest BCUT2D eigenvalue weighted by Gasteiger charge is -2.10. The Kier molecular flexibility index (Phi) is 6.29. The Morgan fingerprint density at radius 3 is 2.32 bits per heavy atom. The summed E-state index contributed by atoms with van der Waals surface area (Å²) in [5.74, 6) is 0.842. The molecule has 170 valence electrons. The molecule has 0 aliphatic rings. The van der Waals surface area contributed by atoms with E-state index in [0.29, 0.717) is 5.16 Å². The second-order valence-electron chi connectivity index (χ2n) is 7.58. The minimum Gasteiger partial charge on any atom is -0.322 e. The van der Waals surface area contributed by atoms with Crippen molar-refractivity contribution in [3.8, 4) is 22.1 Å². The molecule has 0 saturated carbocycles. The van der Waals surface area contributed by atoms with Gasteiger partial charge in [0.2, 0.25) is 5.91 Å². The van der Waals surface area contributed by atoms with Crippen molar-refractivity contribution in [3.05, 3.63) is 89.6 Å². The molecule has 0 aliphatic carbocycles. The van der Waals surface area contributed by atoms with Crippen LogP contribution in [0.2, 0.25) is 0 Å². The van der Waals surface area contributed by atoms with Gasteiger partial charge in [-0.15, -0.1) is 21.5 Å². The lowest BCUT2D eigenvalue weighted by molar-refractivity contribution is -0.113. The molecule has 0 radical (unpaired) electrons. The van der Waals surface area contributed by atoms with E-state index < -0.39 is 0 Å². The van der Waals surface area contributed by atoms with Crippen LogP contribution >= 0.6 is 23.1 Å². The quantitative estimate of drug-likeness (QED) is 0.306. The molecule has 9 heteroatoms. The SMILES string of the molecule is Cc1nn(-c2ccccc2)c(C)c1NC(=O)CSc1nnc(-c2cccs2)n1-c1ccccc1. The van der Waals surface area contributed by atoms with Crippen molar-refractivity contribution in [2.45, 2.75) is 19.0 Å². The van der Waals surface area contributed by atoms with E-state index in [4.69, 9.17) is 0 Å². The number of hydrogen-bond acceptors (Lipinski definition) is 6. The molecule has 0 fully saturated rings. The summed E-state index contributed by atoms with van der Waals surface area (Å²) in [6.45, 7) is 3.85. The molecule has 0 unspecified atom stereocenters. The van der Waals surface area contributed by atoms with Gasteiger partial charge in [0.1, 0.15) is 0 Å². The first-order valence-corrected chi connectivity index (χ1v) is 12.6. The largest absolute Gasteiger partial charge is 0.322 e. The number of benzene rings is 2. The molecule has 0 spiro atoms. The van der Waals surface area contributed by atoms with Gasteiger partial charge in [-0.2, -0.15) is 5.10 Å². The normalized spacial score (nSPS) is 11.0. The van der Waals surface area contributed by atoms with Gasteiger partial charge in [-0.3, -0.25) is 9.36 Å². The third-order valence-corrected chi connectivity index (χ3v) is 7.07. The van der Waals surface area contributed by atoms with Crippen molar-refractivity contribution < 1.29 is 4.79 Å². The fourth-order valence-corrected chi connectivity index (χ4v) is 5.14. The van der Waals surface area contributed by atoms with Crippen LogP contribution in [0.5, 0.6) is 0 Å². The number of anilines is 1. The van der Waals surface area contributed by atoms with Crippen LogP contribution in [0.15, 0.2) is 83.3 Å².